The number of aliphatic imine (C=N–C) groups is 1. The first-order valence-electron chi connectivity index (χ1n) is 9.65. The minimum absolute atomic E-state index is 0.522. The summed E-state index contributed by atoms with van der Waals surface area (Å²) in [6.07, 6.45) is 5.36. The van der Waals surface area contributed by atoms with Gasteiger partial charge in [-0.05, 0) is 12.1 Å². The van der Waals surface area contributed by atoms with Gasteiger partial charge in [0.15, 0.2) is 5.96 Å². The molecule has 4 heterocycles. The van der Waals surface area contributed by atoms with Gasteiger partial charge in [-0.1, -0.05) is 6.07 Å². The van der Waals surface area contributed by atoms with Crippen molar-refractivity contribution in [1.82, 2.24) is 19.9 Å². The minimum Gasteiger partial charge on any atom is -0.378 e. The zero-order valence-corrected chi connectivity index (χ0v) is 15.9. The molecule has 0 atom stereocenters. The van der Waals surface area contributed by atoms with E-state index in [0.29, 0.717) is 12.5 Å². The number of aromatic nitrogens is 3. The number of anilines is 2. The standard InChI is InChI=1S/C19H26N8O/c20-18(26-7-9-27(10-8-26)19-22-5-2-6-23-19)24-15-16-3-1-4-21-17(16)25-11-13-28-14-12-25/h1-6H,7-15H2,(H2,20,24). The van der Waals surface area contributed by atoms with Gasteiger partial charge in [0.1, 0.15) is 5.82 Å². The van der Waals surface area contributed by atoms with Crippen LogP contribution in [0, 0.1) is 0 Å². The van der Waals surface area contributed by atoms with Gasteiger partial charge in [-0.3, -0.25) is 0 Å². The molecule has 0 saturated carbocycles. The van der Waals surface area contributed by atoms with Crippen molar-refractivity contribution < 1.29 is 4.74 Å². The fraction of sp³-hybridized carbons (Fsp3) is 0.474. The van der Waals surface area contributed by atoms with Crippen molar-refractivity contribution in [2.45, 2.75) is 6.54 Å². The van der Waals surface area contributed by atoms with Gasteiger partial charge in [-0.2, -0.15) is 0 Å². The predicted octanol–water partition coefficient (Wildman–Crippen LogP) is 0.345. The fourth-order valence-electron chi connectivity index (χ4n) is 3.47. The van der Waals surface area contributed by atoms with Crippen LogP contribution in [0.2, 0.25) is 0 Å². The van der Waals surface area contributed by atoms with Crippen LogP contribution < -0.4 is 15.5 Å². The van der Waals surface area contributed by atoms with Crippen molar-refractivity contribution in [1.29, 1.82) is 0 Å². The molecule has 0 unspecified atom stereocenters. The van der Waals surface area contributed by atoms with E-state index in [1.165, 1.54) is 0 Å². The number of morpholine rings is 1. The Hall–Kier alpha value is -2.94. The molecule has 0 amide bonds. The third-order valence-corrected chi connectivity index (χ3v) is 5.03. The molecule has 2 saturated heterocycles. The third kappa shape index (κ3) is 4.30. The lowest BCUT2D eigenvalue weighted by Gasteiger charge is -2.35. The Morgan fingerprint density at radius 3 is 2.39 bits per heavy atom. The summed E-state index contributed by atoms with van der Waals surface area (Å²) in [5.74, 6) is 2.32. The van der Waals surface area contributed by atoms with Crippen molar-refractivity contribution >= 4 is 17.7 Å². The summed E-state index contributed by atoms with van der Waals surface area (Å²) in [5.41, 5.74) is 7.37. The first kappa shape index (κ1) is 18.4. The quantitative estimate of drug-likeness (QED) is 0.598. The minimum atomic E-state index is 0.522. The molecule has 28 heavy (non-hydrogen) atoms. The monoisotopic (exact) mass is 382 g/mol. The molecule has 2 aromatic heterocycles. The maximum absolute atomic E-state index is 6.28. The smallest absolute Gasteiger partial charge is 0.225 e. The molecule has 0 spiro atoms. The van der Waals surface area contributed by atoms with E-state index in [4.69, 9.17) is 10.5 Å². The topological polar surface area (TPSA) is 96.0 Å². The summed E-state index contributed by atoms with van der Waals surface area (Å²) in [6.45, 7) is 6.95. The molecule has 148 valence electrons. The molecule has 2 N–H and O–H groups in total. The second-order valence-corrected chi connectivity index (χ2v) is 6.78. The van der Waals surface area contributed by atoms with Crippen LogP contribution in [0.4, 0.5) is 11.8 Å². The first-order chi connectivity index (χ1) is 13.8. The molecule has 0 aliphatic carbocycles. The highest BCUT2D eigenvalue weighted by molar-refractivity contribution is 5.78. The van der Waals surface area contributed by atoms with Crippen LogP contribution in [0.3, 0.4) is 0 Å². The molecule has 2 fully saturated rings. The van der Waals surface area contributed by atoms with E-state index in [9.17, 15) is 0 Å². The van der Waals surface area contributed by atoms with E-state index < -0.39 is 0 Å². The fourth-order valence-corrected chi connectivity index (χ4v) is 3.47. The number of pyridine rings is 1. The predicted molar refractivity (Wildman–Crippen MR) is 108 cm³/mol. The van der Waals surface area contributed by atoms with Crippen LogP contribution in [0.25, 0.3) is 0 Å². The molecule has 0 radical (unpaired) electrons. The Labute approximate surface area is 164 Å². The molecule has 0 aromatic carbocycles. The van der Waals surface area contributed by atoms with Gasteiger partial charge in [0.05, 0.1) is 19.8 Å². The highest BCUT2D eigenvalue weighted by Gasteiger charge is 2.20. The largest absolute Gasteiger partial charge is 0.378 e. The summed E-state index contributed by atoms with van der Waals surface area (Å²) in [4.78, 5) is 24.4. The van der Waals surface area contributed by atoms with E-state index in [1.807, 2.05) is 18.3 Å². The molecule has 2 aliphatic rings. The zero-order chi connectivity index (χ0) is 19.2. The molecular formula is C19H26N8O. The van der Waals surface area contributed by atoms with Crippen LogP contribution >= 0.6 is 0 Å². The molecule has 2 aromatic rings. The highest BCUT2D eigenvalue weighted by atomic mass is 16.5. The summed E-state index contributed by atoms with van der Waals surface area (Å²) in [6, 6.07) is 5.84. The van der Waals surface area contributed by atoms with Crippen molar-refractivity contribution in [3.63, 3.8) is 0 Å². The Morgan fingerprint density at radius 1 is 0.929 bits per heavy atom. The lowest BCUT2D eigenvalue weighted by atomic mass is 10.2. The summed E-state index contributed by atoms with van der Waals surface area (Å²) in [7, 11) is 0. The number of piperazine rings is 1. The van der Waals surface area contributed by atoms with Crippen molar-refractivity contribution in [3.05, 3.63) is 42.4 Å². The Morgan fingerprint density at radius 2 is 1.64 bits per heavy atom. The molecule has 9 heteroatoms. The molecule has 9 nitrogen and oxygen atoms in total. The first-order valence-corrected chi connectivity index (χ1v) is 9.65. The van der Waals surface area contributed by atoms with Crippen LogP contribution in [0.5, 0.6) is 0 Å². The number of hydrogen-bond acceptors (Lipinski definition) is 7. The normalized spacial score (nSPS) is 18.4. The molecule has 0 bridgehead atoms. The van der Waals surface area contributed by atoms with E-state index in [1.54, 1.807) is 12.4 Å². The Kier molecular flexibility index (Phi) is 5.81. The second kappa shape index (κ2) is 8.83. The van der Waals surface area contributed by atoms with Crippen LogP contribution in [0.15, 0.2) is 41.8 Å². The average Bonchev–Trinajstić information content (AvgIpc) is 2.79. The number of nitrogens with zero attached hydrogens (tertiary/aromatic N) is 7. The van der Waals surface area contributed by atoms with Crippen molar-refractivity contribution in [2.24, 2.45) is 10.7 Å². The van der Waals surface area contributed by atoms with Crippen molar-refractivity contribution in [3.8, 4) is 0 Å². The van der Waals surface area contributed by atoms with Gasteiger partial charge < -0.3 is 25.2 Å². The lowest BCUT2D eigenvalue weighted by molar-refractivity contribution is 0.122. The van der Waals surface area contributed by atoms with Crippen molar-refractivity contribution in [2.75, 3.05) is 62.3 Å². The number of ether oxygens (including phenoxy) is 1. The molecule has 4 rings (SSSR count). The van der Waals surface area contributed by atoms with Gasteiger partial charge in [-0.15, -0.1) is 0 Å². The Balaban J connectivity index is 1.37. The van der Waals surface area contributed by atoms with Crippen LogP contribution in [0.1, 0.15) is 5.56 Å². The number of guanidine groups is 1. The number of rotatable bonds is 4. The van der Waals surface area contributed by atoms with Crippen LogP contribution in [-0.4, -0.2) is 78.3 Å². The molecular weight excluding hydrogens is 356 g/mol. The third-order valence-electron chi connectivity index (χ3n) is 5.03. The van der Waals surface area contributed by atoms with Gasteiger partial charge in [0.25, 0.3) is 0 Å². The average molecular weight is 382 g/mol. The Bertz CT molecular complexity index is 786. The van der Waals surface area contributed by atoms with Gasteiger partial charge in [-0.25, -0.2) is 19.9 Å². The van der Waals surface area contributed by atoms with Gasteiger partial charge in [0, 0.05) is 63.4 Å². The van der Waals surface area contributed by atoms with Gasteiger partial charge >= 0.3 is 0 Å². The van der Waals surface area contributed by atoms with E-state index in [0.717, 1.165) is 69.8 Å². The van der Waals surface area contributed by atoms with E-state index >= 15 is 0 Å². The molecule has 2 aliphatic heterocycles. The van der Waals surface area contributed by atoms with E-state index in [-0.39, 0.29) is 0 Å². The highest BCUT2D eigenvalue weighted by Crippen LogP contribution is 2.19. The van der Waals surface area contributed by atoms with E-state index in [2.05, 4.69) is 40.7 Å². The zero-order valence-electron chi connectivity index (χ0n) is 15.9. The maximum atomic E-state index is 6.28. The van der Waals surface area contributed by atoms with Crippen LogP contribution in [-0.2, 0) is 11.3 Å². The van der Waals surface area contributed by atoms with Gasteiger partial charge in [0.2, 0.25) is 5.95 Å². The number of hydrogen-bond donors (Lipinski definition) is 1. The summed E-state index contributed by atoms with van der Waals surface area (Å²) in [5, 5.41) is 0. The summed E-state index contributed by atoms with van der Waals surface area (Å²) < 4.78 is 5.44. The lowest BCUT2D eigenvalue weighted by Crippen LogP contribution is -2.51. The maximum Gasteiger partial charge on any atom is 0.225 e. The SMILES string of the molecule is NC(=NCc1cccnc1N1CCOCC1)N1CCN(c2ncccn2)CC1. The second-order valence-electron chi connectivity index (χ2n) is 6.78. The number of nitrogens with two attached hydrogens (primary N) is 1. The summed E-state index contributed by atoms with van der Waals surface area (Å²) >= 11 is 0.